The van der Waals surface area contributed by atoms with E-state index in [0.717, 1.165) is 27.6 Å². The molecular formula is C16H13NO. The molecular weight excluding hydrogens is 222 g/mol. The molecule has 3 aromatic rings. The molecule has 0 atom stereocenters. The molecule has 2 nitrogen and oxygen atoms in total. The largest absolute Gasteiger partial charge is 0.508 e. The van der Waals surface area contributed by atoms with Crippen molar-refractivity contribution in [1.29, 1.82) is 0 Å². The van der Waals surface area contributed by atoms with Crippen LogP contribution in [0.5, 0.6) is 5.75 Å². The number of phenolic OH excluding ortho intramolecular Hbond substituents is 1. The Morgan fingerprint density at radius 1 is 1.00 bits per heavy atom. The number of pyridine rings is 1. The van der Waals surface area contributed by atoms with Gasteiger partial charge in [-0.3, -0.25) is 4.98 Å². The maximum absolute atomic E-state index is 9.44. The molecule has 1 aromatic heterocycles. The summed E-state index contributed by atoms with van der Waals surface area (Å²) in [6, 6.07) is 15.7. The quantitative estimate of drug-likeness (QED) is 0.693. The minimum Gasteiger partial charge on any atom is -0.508 e. The molecule has 0 radical (unpaired) electrons. The van der Waals surface area contributed by atoms with Gasteiger partial charge in [0.2, 0.25) is 0 Å². The van der Waals surface area contributed by atoms with Crippen molar-refractivity contribution >= 4 is 10.9 Å². The van der Waals surface area contributed by atoms with E-state index in [1.165, 1.54) is 0 Å². The number of hydrogen-bond acceptors (Lipinski definition) is 2. The third kappa shape index (κ3) is 1.82. The van der Waals surface area contributed by atoms with Gasteiger partial charge in [0, 0.05) is 11.6 Å². The molecule has 18 heavy (non-hydrogen) atoms. The van der Waals surface area contributed by atoms with Crippen LogP contribution in [0.25, 0.3) is 22.0 Å². The monoisotopic (exact) mass is 235 g/mol. The topological polar surface area (TPSA) is 33.1 Å². The molecule has 0 saturated carbocycles. The Morgan fingerprint density at radius 3 is 2.72 bits per heavy atom. The fourth-order valence-corrected chi connectivity index (χ4v) is 2.21. The maximum atomic E-state index is 9.44. The predicted octanol–water partition coefficient (Wildman–Crippen LogP) is 3.92. The van der Waals surface area contributed by atoms with Crippen LogP contribution in [0, 0.1) is 6.92 Å². The zero-order chi connectivity index (χ0) is 12.5. The second-order valence-corrected chi connectivity index (χ2v) is 4.41. The van der Waals surface area contributed by atoms with Crippen molar-refractivity contribution in [3.63, 3.8) is 0 Å². The highest BCUT2D eigenvalue weighted by atomic mass is 16.3. The van der Waals surface area contributed by atoms with Gasteiger partial charge < -0.3 is 5.11 Å². The smallest absolute Gasteiger partial charge is 0.115 e. The third-order valence-electron chi connectivity index (χ3n) is 3.13. The molecule has 3 rings (SSSR count). The number of nitrogens with zero attached hydrogens (tertiary/aromatic N) is 1. The second-order valence-electron chi connectivity index (χ2n) is 4.41. The van der Waals surface area contributed by atoms with E-state index in [9.17, 15) is 5.11 Å². The van der Waals surface area contributed by atoms with Crippen LogP contribution in [-0.4, -0.2) is 10.1 Å². The van der Waals surface area contributed by atoms with Crippen LogP contribution in [0.3, 0.4) is 0 Å². The van der Waals surface area contributed by atoms with Crippen LogP contribution < -0.4 is 0 Å². The summed E-state index contributed by atoms with van der Waals surface area (Å²) in [6.07, 6.45) is 1.80. The molecule has 0 aliphatic heterocycles. The van der Waals surface area contributed by atoms with Crippen molar-refractivity contribution in [3.8, 4) is 16.9 Å². The first-order valence-corrected chi connectivity index (χ1v) is 5.89. The molecule has 0 bridgehead atoms. The van der Waals surface area contributed by atoms with Crippen molar-refractivity contribution in [2.24, 2.45) is 0 Å². The predicted molar refractivity (Wildman–Crippen MR) is 73.6 cm³/mol. The molecule has 1 heterocycles. The van der Waals surface area contributed by atoms with Gasteiger partial charge in [-0.1, -0.05) is 24.3 Å². The number of benzene rings is 2. The zero-order valence-corrected chi connectivity index (χ0v) is 10.1. The van der Waals surface area contributed by atoms with E-state index < -0.39 is 0 Å². The van der Waals surface area contributed by atoms with Crippen LogP contribution in [0.1, 0.15) is 5.56 Å². The Balaban J connectivity index is 2.19. The first-order chi connectivity index (χ1) is 8.74. The average molecular weight is 235 g/mol. The summed E-state index contributed by atoms with van der Waals surface area (Å²) in [4.78, 5) is 4.37. The summed E-state index contributed by atoms with van der Waals surface area (Å²) in [7, 11) is 0. The van der Waals surface area contributed by atoms with E-state index in [4.69, 9.17) is 0 Å². The van der Waals surface area contributed by atoms with E-state index in [2.05, 4.69) is 29.2 Å². The lowest BCUT2D eigenvalue weighted by molar-refractivity contribution is 0.475. The van der Waals surface area contributed by atoms with Gasteiger partial charge in [0.15, 0.2) is 0 Å². The van der Waals surface area contributed by atoms with E-state index >= 15 is 0 Å². The molecule has 0 amide bonds. The fraction of sp³-hybridized carbons (Fsp3) is 0.0625. The molecule has 0 spiro atoms. The van der Waals surface area contributed by atoms with Crippen LogP contribution in [0.4, 0.5) is 0 Å². The number of rotatable bonds is 1. The first kappa shape index (κ1) is 10.8. The molecule has 1 N–H and O–H groups in total. The number of aromatic nitrogens is 1. The van der Waals surface area contributed by atoms with E-state index in [1.54, 1.807) is 18.3 Å². The van der Waals surface area contributed by atoms with Crippen molar-refractivity contribution in [2.45, 2.75) is 6.92 Å². The summed E-state index contributed by atoms with van der Waals surface area (Å²) in [5.74, 6) is 0.301. The molecule has 0 aliphatic rings. The lowest BCUT2D eigenvalue weighted by Gasteiger charge is -2.07. The van der Waals surface area contributed by atoms with Gasteiger partial charge in [-0.05, 0) is 47.9 Å². The molecule has 88 valence electrons. The highest BCUT2D eigenvalue weighted by Gasteiger charge is 2.04. The minimum absolute atomic E-state index is 0.301. The van der Waals surface area contributed by atoms with Gasteiger partial charge >= 0.3 is 0 Å². The van der Waals surface area contributed by atoms with Gasteiger partial charge in [-0.2, -0.15) is 0 Å². The van der Waals surface area contributed by atoms with Crippen LogP contribution in [0.15, 0.2) is 54.7 Å². The Hall–Kier alpha value is -2.35. The molecule has 0 saturated heterocycles. The van der Waals surface area contributed by atoms with Crippen molar-refractivity contribution in [2.75, 3.05) is 0 Å². The number of aromatic hydroxyl groups is 1. The van der Waals surface area contributed by atoms with Gasteiger partial charge in [0.1, 0.15) is 5.75 Å². The number of aryl methyl sites for hydroxylation is 1. The van der Waals surface area contributed by atoms with Gasteiger partial charge in [-0.25, -0.2) is 0 Å². The SMILES string of the molecule is Cc1cc(O)ccc1-c1ccc2cccnc2c1. The standard InChI is InChI=1S/C16H13NO/c1-11-9-14(18)6-7-15(11)13-5-4-12-3-2-8-17-16(12)10-13/h2-10,18H,1H3. The third-order valence-corrected chi connectivity index (χ3v) is 3.13. The Labute approximate surface area is 106 Å². The van der Waals surface area contributed by atoms with Gasteiger partial charge in [-0.15, -0.1) is 0 Å². The number of fused-ring (bicyclic) bond motifs is 1. The highest BCUT2D eigenvalue weighted by Crippen LogP contribution is 2.28. The molecule has 0 fully saturated rings. The second kappa shape index (κ2) is 4.15. The Kier molecular flexibility index (Phi) is 2.49. The minimum atomic E-state index is 0.301. The van der Waals surface area contributed by atoms with Gasteiger partial charge in [0.25, 0.3) is 0 Å². The van der Waals surface area contributed by atoms with E-state index in [1.807, 2.05) is 19.1 Å². The summed E-state index contributed by atoms with van der Waals surface area (Å²) in [5.41, 5.74) is 4.30. The molecule has 2 aromatic carbocycles. The molecule has 0 unspecified atom stereocenters. The average Bonchev–Trinajstić information content (AvgIpc) is 2.38. The first-order valence-electron chi connectivity index (χ1n) is 5.89. The summed E-state index contributed by atoms with van der Waals surface area (Å²) < 4.78 is 0. The summed E-state index contributed by atoms with van der Waals surface area (Å²) in [6.45, 7) is 2.00. The fourth-order valence-electron chi connectivity index (χ4n) is 2.21. The zero-order valence-electron chi connectivity index (χ0n) is 10.1. The molecule has 0 aliphatic carbocycles. The Bertz CT molecular complexity index is 719. The van der Waals surface area contributed by atoms with E-state index in [-0.39, 0.29) is 0 Å². The van der Waals surface area contributed by atoms with Crippen LogP contribution in [0.2, 0.25) is 0 Å². The van der Waals surface area contributed by atoms with Crippen molar-refractivity contribution in [3.05, 3.63) is 60.3 Å². The Morgan fingerprint density at radius 2 is 1.89 bits per heavy atom. The highest BCUT2D eigenvalue weighted by molar-refractivity contribution is 5.84. The normalized spacial score (nSPS) is 10.7. The van der Waals surface area contributed by atoms with Crippen molar-refractivity contribution < 1.29 is 5.11 Å². The number of phenols is 1. The number of hydrogen-bond donors (Lipinski definition) is 1. The van der Waals surface area contributed by atoms with E-state index in [0.29, 0.717) is 5.75 Å². The summed E-state index contributed by atoms with van der Waals surface area (Å²) in [5, 5.41) is 10.6. The van der Waals surface area contributed by atoms with Crippen LogP contribution >= 0.6 is 0 Å². The maximum Gasteiger partial charge on any atom is 0.115 e. The lowest BCUT2D eigenvalue weighted by atomic mass is 9.99. The van der Waals surface area contributed by atoms with Crippen molar-refractivity contribution in [1.82, 2.24) is 4.98 Å². The van der Waals surface area contributed by atoms with Crippen LogP contribution in [-0.2, 0) is 0 Å². The van der Waals surface area contributed by atoms with Gasteiger partial charge in [0.05, 0.1) is 5.52 Å². The molecule has 2 heteroatoms. The summed E-state index contributed by atoms with van der Waals surface area (Å²) >= 11 is 0. The lowest BCUT2D eigenvalue weighted by Crippen LogP contribution is -1.84.